The fourth-order valence-electron chi connectivity index (χ4n) is 1.95. The summed E-state index contributed by atoms with van der Waals surface area (Å²) in [5, 5.41) is 0. The number of rotatable bonds is 4. The van der Waals surface area contributed by atoms with E-state index in [2.05, 4.69) is 26.0 Å². The van der Waals surface area contributed by atoms with Gasteiger partial charge in [0.2, 0.25) is 0 Å². The molecule has 0 aliphatic heterocycles. The number of alkyl halides is 1. The molecular weight excluding hydrogens is 347 g/mol. The molecule has 0 radical (unpaired) electrons. The first kappa shape index (κ1) is 14.3. The van der Waals surface area contributed by atoms with Crippen LogP contribution >= 0.6 is 0 Å². The maximum absolute atomic E-state index is 12.5. The van der Waals surface area contributed by atoms with Crippen LogP contribution in [0.15, 0.2) is 54.6 Å². The number of halogens is 1. The summed E-state index contributed by atoms with van der Waals surface area (Å²) in [5.74, 6) is 0. The van der Waals surface area contributed by atoms with E-state index in [4.69, 9.17) is 0 Å². The van der Waals surface area contributed by atoms with Crippen LogP contribution in [0.4, 0.5) is 0 Å². The third-order valence-electron chi connectivity index (χ3n) is 3.14. The molecule has 0 spiro atoms. The largest absolute Gasteiger partial charge is 0.394 e. The molecule has 0 amide bonds. The molecule has 0 aromatic heterocycles. The van der Waals surface area contributed by atoms with E-state index >= 15 is 0 Å². The Morgan fingerprint density at radius 1 is 0.947 bits per heavy atom. The fraction of sp³-hybridized carbons (Fsp3) is 0.235. The van der Waals surface area contributed by atoms with Crippen molar-refractivity contribution in [1.29, 1.82) is 0 Å². The van der Waals surface area contributed by atoms with Gasteiger partial charge < -0.3 is 0 Å². The Morgan fingerprint density at radius 2 is 1.53 bits per heavy atom. The summed E-state index contributed by atoms with van der Waals surface area (Å²) in [7, 11) is 0. The molecule has 0 unspecified atom stereocenters. The zero-order valence-corrected chi connectivity index (χ0v) is 13.6. The predicted octanol–water partition coefficient (Wildman–Crippen LogP) is 1.16. The SMILES string of the molecule is Cc1ccccc1C(=O)[I+]C(C)(C)c1ccccc1. The van der Waals surface area contributed by atoms with Crippen molar-refractivity contribution in [2.75, 3.05) is 0 Å². The fourth-order valence-corrected chi connectivity index (χ4v) is 4.74. The van der Waals surface area contributed by atoms with Gasteiger partial charge in [0.25, 0.3) is 0 Å². The molecule has 0 saturated heterocycles. The summed E-state index contributed by atoms with van der Waals surface area (Å²) in [6.07, 6.45) is 0. The Balaban J connectivity index is 2.22. The highest BCUT2D eigenvalue weighted by atomic mass is 127. The number of carbonyl (C=O) groups excluding carboxylic acids is 1. The van der Waals surface area contributed by atoms with Gasteiger partial charge in [-0.05, 0) is 32.4 Å². The Labute approximate surface area is 125 Å². The van der Waals surface area contributed by atoms with Crippen LogP contribution in [0.5, 0.6) is 0 Å². The van der Waals surface area contributed by atoms with Gasteiger partial charge in [0.05, 0.1) is 5.56 Å². The number of carbonyl (C=O) groups is 1. The third kappa shape index (κ3) is 3.44. The van der Waals surface area contributed by atoms with E-state index in [1.165, 1.54) is 5.56 Å². The van der Waals surface area contributed by atoms with Gasteiger partial charge in [0, 0.05) is 5.56 Å². The number of aryl methyl sites for hydroxylation is 1. The van der Waals surface area contributed by atoms with Crippen molar-refractivity contribution in [3.63, 3.8) is 0 Å². The van der Waals surface area contributed by atoms with Gasteiger partial charge >= 0.3 is 25.0 Å². The lowest BCUT2D eigenvalue weighted by molar-refractivity contribution is -0.639. The third-order valence-corrected chi connectivity index (χ3v) is 6.18. The van der Waals surface area contributed by atoms with E-state index in [-0.39, 0.29) is 3.42 Å². The minimum Gasteiger partial charge on any atom is -0.234 e. The molecule has 2 aromatic carbocycles. The van der Waals surface area contributed by atoms with E-state index < -0.39 is 21.2 Å². The topological polar surface area (TPSA) is 17.1 Å². The maximum atomic E-state index is 12.5. The molecule has 2 heteroatoms. The maximum Gasteiger partial charge on any atom is 0.394 e. The van der Waals surface area contributed by atoms with Crippen LogP contribution in [-0.2, 0) is 3.42 Å². The van der Waals surface area contributed by atoms with Crippen LogP contribution in [0, 0.1) is 6.92 Å². The molecule has 0 bridgehead atoms. The molecule has 0 aliphatic carbocycles. The second-order valence-electron chi connectivity index (χ2n) is 5.02. The highest BCUT2D eigenvalue weighted by Gasteiger charge is 2.42. The summed E-state index contributed by atoms with van der Waals surface area (Å²) in [6.45, 7) is 6.35. The summed E-state index contributed by atoms with van der Waals surface area (Å²) in [6, 6.07) is 18.2. The lowest BCUT2D eigenvalue weighted by Gasteiger charge is -2.11. The normalized spacial score (nSPS) is 11.3. The van der Waals surface area contributed by atoms with Crippen molar-refractivity contribution in [3.05, 3.63) is 71.3 Å². The summed E-state index contributed by atoms with van der Waals surface area (Å²) in [4.78, 5) is 12.5. The van der Waals surface area contributed by atoms with Crippen LogP contribution < -0.4 is 21.2 Å². The van der Waals surface area contributed by atoms with Crippen LogP contribution in [-0.4, -0.2) is 3.79 Å². The van der Waals surface area contributed by atoms with E-state index in [1.54, 1.807) is 0 Å². The van der Waals surface area contributed by atoms with Gasteiger partial charge in [-0.25, -0.2) is 4.79 Å². The Morgan fingerprint density at radius 3 is 2.16 bits per heavy atom. The lowest BCUT2D eigenvalue weighted by Crippen LogP contribution is -3.69. The molecule has 0 aliphatic rings. The second-order valence-corrected chi connectivity index (χ2v) is 9.24. The van der Waals surface area contributed by atoms with Crippen molar-refractivity contribution >= 4 is 3.79 Å². The monoisotopic (exact) mass is 365 g/mol. The van der Waals surface area contributed by atoms with E-state index in [0.717, 1.165) is 11.1 Å². The molecule has 0 heterocycles. The lowest BCUT2D eigenvalue weighted by atomic mass is 10.0. The van der Waals surface area contributed by atoms with Crippen molar-refractivity contribution < 1.29 is 26.0 Å². The Kier molecular flexibility index (Phi) is 4.40. The van der Waals surface area contributed by atoms with E-state index in [9.17, 15) is 4.79 Å². The number of hydrogen-bond acceptors (Lipinski definition) is 1. The average Bonchev–Trinajstić information content (AvgIpc) is 2.39. The summed E-state index contributed by atoms with van der Waals surface area (Å²) < 4.78 is 0.297. The van der Waals surface area contributed by atoms with Crippen LogP contribution in [0.3, 0.4) is 0 Å². The molecule has 19 heavy (non-hydrogen) atoms. The van der Waals surface area contributed by atoms with Crippen LogP contribution in [0.2, 0.25) is 0 Å². The first-order chi connectivity index (χ1) is 9.00. The standard InChI is InChI=1S/C17H18IO/c1-13-9-7-8-12-15(13)16(19)18-17(2,3)14-10-5-4-6-11-14/h4-12H,1-3H3/q+1. The number of hydrogen-bond donors (Lipinski definition) is 0. The first-order valence-electron chi connectivity index (χ1n) is 6.32. The molecule has 0 atom stereocenters. The number of benzene rings is 2. The Bertz CT molecular complexity index is 573. The second kappa shape index (κ2) is 5.87. The van der Waals surface area contributed by atoms with Crippen LogP contribution in [0.1, 0.15) is 35.3 Å². The smallest absolute Gasteiger partial charge is 0.234 e. The van der Waals surface area contributed by atoms with Crippen molar-refractivity contribution in [1.82, 2.24) is 0 Å². The summed E-state index contributed by atoms with van der Waals surface area (Å²) in [5.41, 5.74) is 3.22. The average molecular weight is 365 g/mol. The molecule has 2 rings (SSSR count). The summed E-state index contributed by atoms with van der Waals surface area (Å²) >= 11 is -0.597. The molecule has 1 nitrogen and oxygen atoms in total. The minimum absolute atomic E-state index is 0.0283. The highest BCUT2D eigenvalue weighted by Crippen LogP contribution is 2.13. The van der Waals surface area contributed by atoms with Crippen molar-refractivity contribution in [2.45, 2.75) is 24.2 Å². The molecule has 0 fully saturated rings. The van der Waals surface area contributed by atoms with Crippen molar-refractivity contribution in [2.24, 2.45) is 0 Å². The van der Waals surface area contributed by atoms with E-state index in [0.29, 0.717) is 3.79 Å². The van der Waals surface area contributed by atoms with Gasteiger partial charge in [-0.2, -0.15) is 0 Å². The van der Waals surface area contributed by atoms with Gasteiger partial charge in [-0.15, -0.1) is 0 Å². The molecule has 98 valence electrons. The molecule has 0 saturated carbocycles. The van der Waals surface area contributed by atoms with Gasteiger partial charge in [0.15, 0.2) is 3.42 Å². The molecular formula is C17H18IO+. The van der Waals surface area contributed by atoms with Crippen LogP contribution in [0.25, 0.3) is 0 Å². The zero-order valence-electron chi connectivity index (χ0n) is 11.5. The highest BCUT2D eigenvalue weighted by molar-refractivity contribution is 5.88. The Hall–Kier alpha value is -1.16. The van der Waals surface area contributed by atoms with E-state index in [1.807, 2.05) is 49.4 Å². The first-order valence-corrected chi connectivity index (χ1v) is 8.48. The minimum atomic E-state index is -0.597. The van der Waals surface area contributed by atoms with Gasteiger partial charge in [0.1, 0.15) is 0 Å². The van der Waals surface area contributed by atoms with Crippen molar-refractivity contribution in [3.8, 4) is 0 Å². The predicted molar refractivity (Wildman–Crippen MR) is 75.0 cm³/mol. The van der Waals surface area contributed by atoms with Gasteiger partial charge in [-0.1, -0.05) is 48.5 Å². The molecule has 2 aromatic rings. The van der Waals surface area contributed by atoms with Gasteiger partial charge in [-0.3, -0.25) is 0 Å². The quantitative estimate of drug-likeness (QED) is 0.452. The zero-order chi connectivity index (χ0) is 13.9. The molecule has 0 N–H and O–H groups in total.